The van der Waals surface area contributed by atoms with Crippen molar-refractivity contribution in [3.8, 4) is 0 Å². The van der Waals surface area contributed by atoms with Gasteiger partial charge in [0.1, 0.15) is 0 Å². The lowest BCUT2D eigenvalue weighted by Crippen LogP contribution is -2.23. The van der Waals surface area contributed by atoms with Gasteiger partial charge in [-0.25, -0.2) is 0 Å². The highest BCUT2D eigenvalue weighted by Gasteiger charge is 2.18. The topological polar surface area (TPSA) is 69.0 Å². The third kappa shape index (κ3) is 2.76. The Bertz CT molecular complexity index is 1590. The second-order valence-electron chi connectivity index (χ2n) is 7.88. The van der Waals surface area contributed by atoms with Crippen LogP contribution in [0.5, 0.6) is 0 Å². The van der Waals surface area contributed by atoms with Crippen LogP contribution < -0.4 is 15.8 Å². The third-order valence-corrected chi connectivity index (χ3v) is 6.34. The number of hydrogen-bond acceptors (Lipinski definition) is 3. The van der Waals surface area contributed by atoms with E-state index in [1.54, 1.807) is 0 Å². The molecule has 0 spiro atoms. The van der Waals surface area contributed by atoms with Crippen molar-refractivity contribution in [3.05, 3.63) is 74.5 Å². The Morgan fingerprint density at radius 3 is 2.23 bits per heavy atom. The number of nitrogens with one attached hydrogen (secondary N) is 2. The molecule has 0 saturated heterocycles. The number of nitrogens with zero attached hydrogens (tertiary/aromatic N) is 1. The molecule has 0 unspecified atom stereocenters. The van der Waals surface area contributed by atoms with Gasteiger partial charge in [-0.1, -0.05) is 25.1 Å². The molecule has 0 amide bonds. The van der Waals surface area contributed by atoms with Crippen LogP contribution in [-0.4, -0.2) is 23.1 Å². The summed E-state index contributed by atoms with van der Waals surface area (Å²) in [5, 5.41) is 2.60. The number of para-hydroxylation sites is 2. The van der Waals surface area contributed by atoms with Gasteiger partial charge in [-0.3, -0.25) is 9.59 Å². The van der Waals surface area contributed by atoms with E-state index >= 15 is 0 Å². The molecule has 0 saturated carbocycles. The molecule has 31 heavy (non-hydrogen) atoms. The lowest BCUT2D eigenvalue weighted by Gasteiger charge is -2.23. The number of H-pyrrole nitrogens is 2. The molecule has 156 valence electrons. The van der Waals surface area contributed by atoms with Gasteiger partial charge in [0.2, 0.25) is 0 Å². The maximum atomic E-state index is 13.6. The summed E-state index contributed by atoms with van der Waals surface area (Å²) >= 11 is 0. The molecule has 2 N–H and O–H groups in total. The molecule has 5 nitrogen and oxygen atoms in total. The zero-order valence-electron chi connectivity index (χ0n) is 18.0. The Hall–Kier alpha value is -3.60. The van der Waals surface area contributed by atoms with Gasteiger partial charge >= 0.3 is 0 Å². The maximum absolute atomic E-state index is 13.6. The molecular weight excluding hydrogens is 386 g/mol. The van der Waals surface area contributed by atoms with E-state index in [0.717, 1.165) is 40.9 Å². The monoisotopic (exact) mass is 411 g/mol. The van der Waals surface area contributed by atoms with Crippen molar-refractivity contribution in [2.75, 3.05) is 18.0 Å². The summed E-state index contributed by atoms with van der Waals surface area (Å²) in [4.78, 5) is 36.1. The van der Waals surface area contributed by atoms with Gasteiger partial charge in [-0.05, 0) is 56.2 Å². The lowest BCUT2D eigenvalue weighted by molar-refractivity contribution is 0.869. The summed E-state index contributed by atoms with van der Waals surface area (Å²) < 4.78 is 0. The fourth-order valence-corrected chi connectivity index (χ4v) is 4.80. The molecule has 0 atom stereocenters. The van der Waals surface area contributed by atoms with Gasteiger partial charge in [-0.2, -0.15) is 0 Å². The first kappa shape index (κ1) is 19.4. The molecule has 0 aliphatic heterocycles. The number of anilines is 1. The first-order valence-corrected chi connectivity index (χ1v) is 10.9. The molecule has 0 fully saturated rings. The molecule has 5 heteroatoms. The zero-order valence-corrected chi connectivity index (χ0v) is 18.0. The van der Waals surface area contributed by atoms with Crippen LogP contribution >= 0.6 is 0 Å². The maximum Gasteiger partial charge on any atom is 0.197 e. The van der Waals surface area contributed by atoms with Gasteiger partial charge in [0, 0.05) is 34.8 Å². The average molecular weight is 412 g/mol. The second kappa shape index (κ2) is 7.27. The molecule has 0 bridgehead atoms. The predicted octanol–water partition coefficient (Wildman–Crippen LogP) is 5.08. The molecule has 0 radical (unpaired) electrons. The molecule has 5 aromatic rings. The van der Waals surface area contributed by atoms with Gasteiger partial charge < -0.3 is 14.9 Å². The van der Waals surface area contributed by atoms with Crippen LogP contribution in [-0.2, 0) is 6.42 Å². The van der Waals surface area contributed by atoms with E-state index in [1.807, 2.05) is 55.5 Å². The van der Waals surface area contributed by atoms with Crippen LogP contribution in [0.2, 0.25) is 0 Å². The summed E-state index contributed by atoms with van der Waals surface area (Å²) in [5.74, 6) is 0. The Morgan fingerprint density at radius 2 is 1.48 bits per heavy atom. The number of rotatable bonds is 4. The van der Waals surface area contributed by atoms with E-state index < -0.39 is 0 Å². The summed E-state index contributed by atoms with van der Waals surface area (Å²) in [6.45, 7) is 7.94. The standard InChI is InChI=1S/C26H25N3O2/c1-4-15-22-20(27-19-12-8-7-10-16(19)26(22)31)14-18-23(15)28-24-17(25(18)30)11-9-13-21(24)29(5-2)6-3/h7-14H,4-6H2,1-3H3,(H,27,31)(H,28,30). The molecule has 2 aromatic heterocycles. The van der Waals surface area contributed by atoms with Crippen molar-refractivity contribution in [3.63, 3.8) is 0 Å². The highest BCUT2D eigenvalue weighted by atomic mass is 16.1. The number of benzene rings is 3. The van der Waals surface area contributed by atoms with Crippen molar-refractivity contribution in [1.82, 2.24) is 9.97 Å². The number of aromatic nitrogens is 2. The van der Waals surface area contributed by atoms with Crippen molar-refractivity contribution in [1.29, 1.82) is 0 Å². The zero-order chi connectivity index (χ0) is 21.7. The normalized spacial score (nSPS) is 11.7. The quantitative estimate of drug-likeness (QED) is 0.405. The highest BCUT2D eigenvalue weighted by Crippen LogP contribution is 2.30. The SMILES string of the molecule is CCc1c2[nH]c3c(N(CC)CC)cccc3c(=O)c2cc2[nH]c3ccccc3c(=O)c12. The van der Waals surface area contributed by atoms with Crippen molar-refractivity contribution in [2.45, 2.75) is 27.2 Å². The molecule has 3 aromatic carbocycles. The van der Waals surface area contributed by atoms with Gasteiger partial charge in [0.05, 0.1) is 27.6 Å². The minimum atomic E-state index is -0.0108. The predicted molar refractivity (Wildman–Crippen MR) is 131 cm³/mol. The van der Waals surface area contributed by atoms with E-state index in [-0.39, 0.29) is 10.9 Å². The number of fused-ring (bicyclic) bond motifs is 4. The Labute approximate surface area is 179 Å². The fourth-order valence-electron chi connectivity index (χ4n) is 4.80. The Morgan fingerprint density at radius 1 is 0.742 bits per heavy atom. The van der Waals surface area contributed by atoms with Crippen molar-refractivity contribution in [2.24, 2.45) is 0 Å². The molecule has 0 aliphatic carbocycles. The third-order valence-electron chi connectivity index (χ3n) is 6.34. The van der Waals surface area contributed by atoms with Crippen molar-refractivity contribution >= 4 is 49.3 Å². The van der Waals surface area contributed by atoms with E-state index in [0.29, 0.717) is 33.5 Å². The van der Waals surface area contributed by atoms with Crippen LogP contribution in [0, 0.1) is 0 Å². The van der Waals surface area contributed by atoms with Gasteiger partial charge in [0.25, 0.3) is 0 Å². The summed E-state index contributed by atoms with van der Waals surface area (Å²) in [7, 11) is 0. The Kier molecular flexibility index (Phi) is 4.54. The van der Waals surface area contributed by atoms with Gasteiger partial charge in [-0.15, -0.1) is 0 Å². The van der Waals surface area contributed by atoms with Crippen LogP contribution in [0.25, 0.3) is 43.6 Å². The lowest BCUT2D eigenvalue weighted by atomic mass is 9.98. The molecule has 2 heterocycles. The average Bonchev–Trinajstić information content (AvgIpc) is 2.79. The number of aryl methyl sites for hydroxylation is 1. The molecular formula is C26H25N3O2. The smallest absolute Gasteiger partial charge is 0.197 e. The van der Waals surface area contributed by atoms with E-state index in [1.165, 1.54) is 0 Å². The minimum Gasteiger partial charge on any atom is -0.370 e. The van der Waals surface area contributed by atoms with Crippen LogP contribution in [0.4, 0.5) is 5.69 Å². The fraction of sp³-hybridized carbons (Fsp3) is 0.231. The first-order chi connectivity index (χ1) is 15.1. The number of aromatic amines is 2. The van der Waals surface area contributed by atoms with Crippen LogP contribution in [0.15, 0.2) is 58.1 Å². The first-order valence-electron chi connectivity index (χ1n) is 10.9. The largest absolute Gasteiger partial charge is 0.370 e. The van der Waals surface area contributed by atoms with E-state index in [4.69, 9.17) is 0 Å². The Balaban J connectivity index is 2.01. The molecule has 0 aliphatic rings. The summed E-state index contributed by atoms with van der Waals surface area (Å²) in [5.41, 5.74) is 4.96. The minimum absolute atomic E-state index is 0.000994. The molecule has 5 rings (SSSR count). The van der Waals surface area contributed by atoms with E-state index in [9.17, 15) is 9.59 Å². The van der Waals surface area contributed by atoms with Crippen LogP contribution in [0.3, 0.4) is 0 Å². The number of hydrogen-bond donors (Lipinski definition) is 2. The number of pyridine rings is 2. The van der Waals surface area contributed by atoms with E-state index in [2.05, 4.69) is 28.7 Å². The summed E-state index contributed by atoms with van der Waals surface area (Å²) in [6, 6.07) is 15.2. The highest BCUT2D eigenvalue weighted by molar-refractivity contribution is 6.07. The van der Waals surface area contributed by atoms with Crippen molar-refractivity contribution < 1.29 is 0 Å². The summed E-state index contributed by atoms with van der Waals surface area (Å²) in [6.07, 6.45) is 0.643. The second-order valence-corrected chi connectivity index (χ2v) is 7.88. The van der Waals surface area contributed by atoms with Gasteiger partial charge in [0.15, 0.2) is 10.9 Å². The van der Waals surface area contributed by atoms with Crippen LogP contribution in [0.1, 0.15) is 26.3 Å².